The molecule has 0 aliphatic heterocycles. The summed E-state index contributed by atoms with van der Waals surface area (Å²) >= 11 is 0. The fourth-order valence-corrected chi connectivity index (χ4v) is 0.496. The third-order valence-electron chi connectivity index (χ3n) is 1.63. The number of rotatable bonds is 4. The fourth-order valence-electron chi connectivity index (χ4n) is 0.496. The molecule has 0 aliphatic rings. The maximum atomic E-state index is 5.65. The molecule has 3 nitrogen and oxygen atoms in total. The first kappa shape index (κ1) is 10.9. The van der Waals surface area contributed by atoms with E-state index >= 15 is 0 Å². The van der Waals surface area contributed by atoms with Gasteiger partial charge in [0, 0.05) is 0 Å². The van der Waals surface area contributed by atoms with Crippen LogP contribution in [0.25, 0.3) is 0 Å². The molecule has 0 aromatic heterocycles. The maximum absolute atomic E-state index is 5.65. The Morgan fingerprint density at radius 3 is 1.27 bits per heavy atom. The van der Waals surface area contributed by atoms with Gasteiger partial charge in [0.25, 0.3) is 0 Å². The Morgan fingerprint density at radius 1 is 0.818 bits per heavy atom. The first-order valence-electron chi connectivity index (χ1n) is 4.11. The third-order valence-corrected chi connectivity index (χ3v) is 1.63. The minimum atomic E-state index is -0.243. The van der Waals surface area contributed by atoms with Crippen molar-refractivity contribution in [1.29, 1.82) is 0 Å². The molecule has 0 spiro atoms. The zero-order valence-electron chi connectivity index (χ0n) is 7.87. The van der Waals surface area contributed by atoms with Crippen LogP contribution >= 0.6 is 0 Å². The van der Waals surface area contributed by atoms with Gasteiger partial charge in [-0.1, -0.05) is 27.7 Å². The molecule has 0 bridgehead atoms. The van der Waals surface area contributed by atoms with E-state index in [1.165, 1.54) is 0 Å². The van der Waals surface area contributed by atoms with Crippen molar-refractivity contribution in [1.82, 2.24) is 0 Å². The summed E-state index contributed by atoms with van der Waals surface area (Å²) in [5.74, 6) is 0.639. The quantitative estimate of drug-likeness (QED) is 0.600. The molecule has 2 atom stereocenters. The van der Waals surface area contributed by atoms with E-state index in [1.807, 2.05) is 27.7 Å². The van der Waals surface area contributed by atoms with E-state index in [4.69, 9.17) is 16.2 Å². The van der Waals surface area contributed by atoms with Crippen LogP contribution in [0.1, 0.15) is 27.7 Å². The lowest BCUT2D eigenvalue weighted by molar-refractivity contribution is -0.0496. The Morgan fingerprint density at radius 2 is 1.09 bits per heavy atom. The molecular formula is C8H20N2O. The first-order valence-corrected chi connectivity index (χ1v) is 4.11. The smallest absolute Gasteiger partial charge is 0.110 e. The fraction of sp³-hybridized carbons (Fsp3) is 1.00. The minimum Gasteiger partial charge on any atom is -0.345 e. The van der Waals surface area contributed by atoms with Crippen LogP contribution in [-0.2, 0) is 4.74 Å². The average molecular weight is 160 g/mol. The second-order valence-corrected chi connectivity index (χ2v) is 3.55. The predicted molar refractivity (Wildman–Crippen MR) is 46.7 cm³/mol. The van der Waals surface area contributed by atoms with Gasteiger partial charge in [-0.15, -0.1) is 0 Å². The van der Waals surface area contributed by atoms with E-state index in [2.05, 4.69) is 0 Å². The third kappa shape index (κ3) is 4.35. The van der Waals surface area contributed by atoms with Crippen molar-refractivity contribution in [2.75, 3.05) is 0 Å². The normalized spacial score (nSPS) is 17.5. The second kappa shape index (κ2) is 4.70. The molecule has 68 valence electrons. The van der Waals surface area contributed by atoms with Gasteiger partial charge in [-0.05, 0) is 11.8 Å². The highest BCUT2D eigenvalue weighted by molar-refractivity contribution is 4.59. The van der Waals surface area contributed by atoms with E-state index in [0.29, 0.717) is 11.8 Å². The second-order valence-electron chi connectivity index (χ2n) is 3.55. The van der Waals surface area contributed by atoms with E-state index in [9.17, 15) is 0 Å². The molecule has 0 rings (SSSR count). The topological polar surface area (TPSA) is 61.3 Å². The summed E-state index contributed by atoms with van der Waals surface area (Å²) in [5, 5.41) is 0. The van der Waals surface area contributed by atoms with Crippen LogP contribution in [0.15, 0.2) is 0 Å². The van der Waals surface area contributed by atoms with E-state index in [-0.39, 0.29) is 12.5 Å². The van der Waals surface area contributed by atoms with Crippen molar-refractivity contribution in [3.05, 3.63) is 0 Å². The van der Waals surface area contributed by atoms with E-state index in [0.717, 1.165) is 0 Å². The number of nitrogens with two attached hydrogens (primary N) is 2. The Labute approximate surface area is 69.1 Å². The van der Waals surface area contributed by atoms with Crippen molar-refractivity contribution in [3.63, 3.8) is 0 Å². The van der Waals surface area contributed by atoms with Crippen LogP contribution < -0.4 is 11.5 Å². The number of hydrogen-bond donors (Lipinski definition) is 2. The van der Waals surface area contributed by atoms with Crippen LogP contribution in [0, 0.1) is 11.8 Å². The summed E-state index contributed by atoms with van der Waals surface area (Å²) in [6, 6.07) is 0. The lowest BCUT2D eigenvalue weighted by Gasteiger charge is -2.23. The lowest BCUT2D eigenvalue weighted by Crippen LogP contribution is -2.40. The SMILES string of the molecule is CC(C)C(N)OC(N)C(C)C. The Kier molecular flexibility index (Phi) is 4.65. The predicted octanol–water partition coefficient (Wildman–Crippen LogP) is 0.885. The van der Waals surface area contributed by atoms with Gasteiger partial charge in [0.2, 0.25) is 0 Å². The van der Waals surface area contributed by atoms with Gasteiger partial charge in [0.1, 0.15) is 12.5 Å². The van der Waals surface area contributed by atoms with Gasteiger partial charge < -0.3 is 16.2 Å². The molecule has 11 heavy (non-hydrogen) atoms. The first-order chi connectivity index (χ1) is 4.95. The standard InChI is InChI=1S/C8H20N2O/c1-5(2)7(9)11-8(10)6(3)4/h5-8H,9-10H2,1-4H3. The monoisotopic (exact) mass is 160 g/mol. The molecule has 0 saturated carbocycles. The molecule has 3 heteroatoms. The van der Waals surface area contributed by atoms with Crippen LogP contribution in [0.2, 0.25) is 0 Å². The van der Waals surface area contributed by atoms with E-state index in [1.54, 1.807) is 0 Å². The van der Waals surface area contributed by atoms with Gasteiger partial charge in [0.15, 0.2) is 0 Å². The minimum absolute atomic E-state index is 0.243. The highest BCUT2D eigenvalue weighted by Gasteiger charge is 2.14. The Balaban J connectivity index is 3.66. The van der Waals surface area contributed by atoms with Crippen molar-refractivity contribution >= 4 is 0 Å². The molecule has 0 saturated heterocycles. The van der Waals surface area contributed by atoms with Crippen LogP contribution in [0.4, 0.5) is 0 Å². The van der Waals surface area contributed by atoms with Gasteiger partial charge in [-0.3, -0.25) is 0 Å². The molecular weight excluding hydrogens is 140 g/mol. The Hall–Kier alpha value is -0.120. The van der Waals surface area contributed by atoms with Crippen LogP contribution in [-0.4, -0.2) is 12.5 Å². The van der Waals surface area contributed by atoms with Gasteiger partial charge >= 0.3 is 0 Å². The summed E-state index contributed by atoms with van der Waals surface area (Å²) in [6.07, 6.45) is -0.486. The molecule has 0 aromatic rings. The Bertz CT molecular complexity index is 92.3. The number of hydrogen-bond acceptors (Lipinski definition) is 3. The van der Waals surface area contributed by atoms with Crippen LogP contribution in [0.5, 0.6) is 0 Å². The summed E-state index contributed by atoms with van der Waals surface area (Å²) in [5.41, 5.74) is 11.3. The van der Waals surface area contributed by atoms with E-state index < -0.39 is 0 Å². The largest absolute Gasteiger partial charge is 0.345 e. The van der Waals surface area contributed by atoms with Crippen LogP contribution in [0.3, 0.4) is 0 Å². The maximum Gasteiger partial charge on any atom is 0.110 e. The molecule has 2 unspecified atom stereocenters. The molecule has 0 radical (unpaired) electrons. The van der Waals surface area contributed by atoms with Crippen molar-refractivity contribution < 1.29 is 4.74 Å². The van der Waals surface area contributed by atoms with Crippen molar-refractivity contribution in [2.24, 2.45) is 23.3 Å². The highest BCUT2D eigenvalue weighted by Crippen LogP contribution is 2.06. The molecule has 0 heterocycles. The zero-order chi connectivity index (χ0) is 9.02. The molecule has 0 amide bonds. The molecule has 4 N–H and O–H groups in total. The summed E-state index contributed by atoms with van der Waals surface area (Å²) < 4.78 is 5.33. The van der Waals surface area contributed by atoms with Gasteiger partial charge in [-0.25, -0.2) is 0 Å². The van der Waals surface area contributed by atoms with Crippen molar-refractivity contribution in [2.45, 2.75) is 40.2 Å². The highest BCUT2D eigenvalue weighted by atomic mass is 16.5. The summed E-state index contributed by atoms with van der Waals surface area (Å²) in [7, 11) is 0. The average Bonchev–Trinajstić information content (AvgIpc) is 1.87. The lowest BCUT2D eigenvalue weighted by atomic mass is 10.1. The summed E-state index contributed by atoms with van der Waals surface area (Å²) in [4.78, 5) is 0. The van der Waals surface area contributed by atoms with Crippen molar-refractivity contribution in [3.8, 4) is 0 Å². The summed E-state index contributed by atoms with van der Waals surface area (Å²) in [6.45, 7) is 8.05. The van der Waals surface area contributed by atoms with Gasteiger partial charge in [-0.2, -0.15) is 0 Å². The molecule has 0 aromatic carbocycles. The zero-order valence-corrected chi connectivity index (χ0v) is 7.87. The van der Waals surface area contributed by atoms with Gasteiger partial charge in [0.05, 0.1) is 0 Å². The molecule has 0 aliphatic carbocycles. The number of ether oxygens (including phenoxy) is 1. The molecule has 0 fully saturated rings.